The third kappa shape index (κ3) is 9.92. The van der Waals surface area contributed by atoms with Crippen LogP contribution in [-0.2, 0) is 23.9 Å². The number of rotatable bonds is 6. The molecule has 0 aliphatic carbocycles. The van der Waals surface area contributed by atoms with Crippen molar-refractivity contribution in [2.24, 2.45) is 0 Å². The Kier molecular flexibility index (Phi) is 7.66. The summed E-state index contributed by atoms with van der Waals surface area (Å²) >= 11 is 0. The fourth-order valence-electron chi connectivity index (χ4n) is 0.654. The molecule has 92 valence electrons. The van der Waals surface area contributed by atoms with Crippen molar-refractivity contribution < 1.29 is 29.0 Å². The zero-order valence-electron chi connectivity index (χ0n) is 9.16. The molecule has 0 aromatic rings. The zero-order valence-corrected chi connectivity index (χ0v) is 9.16. The lowest BCUT2D eigenvalue weighted by Crippen LogP contribution is -2.01. The Bertz CT molecular complexity index is 364. The Morgan fingerprint density at radius 1 is 1.06 bits per heavy atom. The van der Waals surface area contributed by atoms with E-state index < -0.39 is 17.9 Å². The molecule has 0 saturated heterocycles. The number of allylic oxidation sites excluding steroid dienone is 2. The Morgan fingerprint density at radius 3 is 2.35 bits per heavy atom. The van der Waals surface area contributed by atoms with Crippen LogP contribution in [-0.4, -0.2) is 36.7 Å². The molecule has 0 aromatic heterocycles. The van der Waals surface area contributed by atoms with Gasteiger partial charge in [-0.25, -0.2) is 14.4 Å². The second kappa shape index (κ2) is 8.90. The molecule has 6 nitrogen and oxygen atoms in total. The maximum atomic E-state index is 10.8. The molecule has 0 unspecified atom stereocenters. The number of carboxylic acid groups (broad SMARTS) is 1. The summed E-state index contributed by atoms with van der Waals surface area (Å²) in [5.41, 5.74) is 0. The molecule has 0 fully saturated rings. The fraction of sp³-hybridized carbons (Fsp3) is 0.182. The minimum Gasteiger partial charge on any atom is -0.478 e. The van der Waals surface area contributed by atoms with Crippen LogP contribution in [0.1, 0.15) is 0 Å². The van der Waals surface area contributed by atoms with E-state index >= 15 is 0 Å². The second-order valence-electron chi connectivity index (χ2n) is 2.61. The minimum atomic E-state index is -1.22. The average Bonchev–Trinajstić information content (AvgIpc) is 2.30. The number of esters is 2. The van der Waals surface area contributed by atoms with E-state index in [1.807, 2.05) is 0 Å². The molecule has 0 aromatic carbocycles. The highest BCUT2D eigenvalue weighted by molar-refractivity contribution is 5.90. The normalized spacial score (nSPS) is 11.1. The van der Waals surface area contributed by atoms with E-state index in [2.05, 4.69) is 9.47 Å². The fourth-order valence-corrected chi connectivity index (χ4v) is 0.654. The van der Waals surface area contributed by atoms with E-state index in [-0.39, 0.29) is 6.61 Å². The lowest BCUT2D eigenvalue weighted by Gasteiger charge is -1.94. The number of carboxylic acids is 1. The Labute approximate surface area is 97.8 Å². The summed E-state index contributed by atoms with van der Waals surface area (Å²) in [5, 5.41) is 8.22. The third-order valence-electron chi connectivity index (χ3n) is 1.36. The van der Waals surface area contributed by atoms with Crippen molar-refractivity contribution in [2.45, 2.75) is 0 Å². The van der Waals surface area contributed by atoms with Crippen molar-refractivity contribution in [3.63, 3.8) is 0 Å². The van der Waals surface area contributed by atoms with Crippen LogP contribution >= 0.6 is 0 Å². The van der Waals surface area contributed by atoms with Crippen molar-refractivity contribution in [1.29, 1.82) is 0 Å². The molecule has 0 heterocycles. The highest BCUT2D eigenvalue weighted by atomic mass is 16.5. The van der Waals surface area contributed by atoms with Gasteiger partial charge in [-0.05, 0) is 6.08 Å². The number of carbonyl (C=O) groups excluding carboxylic acids is 2. The number of methoxy groups -OCH3 is 1. The summed E-state index contributed by atoms with van der Waals surface area (Å²) in [7, 11) is 1.26. The standard InChI is InChI=1S/C11H12O6/c1-16-10(14)5-3-2-4-8-17-11(15)7-6-9(12)13/h2-7H,8H2,1H3,(H,12,13)/b4-2+,5-3+,7-6-. The van der Waals surface area contributed by atoms with Crippen LogP contribution in [0.15, 0.2) is 36.5 Å². The van der Waals surface area contributed by atoms with E-state index in [4.69, 9.17) is 5.11 Å². The first kappa shape index (κ1) is 14.6. The highest BCUT2D eigenvalue weighted by Crippen LogP contribution is 1.85. The molecule has 0 bridgehead atoms. The van der Waals surface area contributed by atoms with Gasteiger partial charge < -0.3 is 14.6 Å². The van der Waals surface area contributed by atoms with E-state index in [0.29, 0.717) is 6.08 Å². The summed E-state index contributed by atoms with van der Waals surface area (Å²) < 4.78 is 8.94. The maximum absolute atomic E-state index is 10.8. The monoisotopic (exact) mass is 240 g/mol. The third-order valence-corrected chi connectivity index (χ3v) is 1.36. The van der Waals surface area contributed by atoms with Crippen LogP contribution in [0.4, 0.5) is 0 Å². The van der Waals surface area contributed by atoms with Crippen molar-refractivity contribution in [2.75, 3.05) is 13.7 Å². The largest absolute Gasteiger partial charge is 0.478 e. The molecule has 1 N–H and O–H groups in total. The molecule has 0 spiro atoms. The molecule has 0 saturated carbocycles. The summed E-state index contributed by atoms with van der Waals surface area (Å²) in [6.45, 7) is -0.0195. The molecule has 0 aliphatic rings. The quantitative estimate of drug-likeness (QED) is 0.412. The van der Waals surface area contributed by atoms with Gasteiger partial charge in [0.2, 0.25) is 0 Å². The van der Waals surface area contributed by atoms with Gasteiger partial charge in [-0.15, -0.1) is 0 Å². The second-order valence-corrected chi connectivity index (χ2v) is 2.61. The number of hydrogen-bond donors (Lipinski definition) is 1. The van der Waals surface area contributed by atoms with Crippen LogP contribution in [0, 0.1) is 0 Å². The molecular weight excluding hydrogens is 228 g/mol. The van der Waals surface area contributed by atoms with Crippen LogP contribution in [0.3, 0.4) is 0 Å². The molecule has 0 radical (unpaired) electrons. The van der Waals surface area contributed by atoms with Crippen LogP contribution in [0.2, 0.25) is 0 Å². The van der Waals surface area contributed by atoms with Crippen molar-refractivity contribution in [1.82, 2.24) is 0 Å². The summed E-state index contributed by atoms with van der Waals surface area (Å²) in [6.07, 6.45) is 7.08. The molecule has 0 atom stereocenters. The van der Waals surface area contributed by atoms with Gasteiger partial charge in [0, 0.05) is 18.2 Å². The number of carbonyl (C=O) groups is 3. The van der Waals surface area contributed by atoms with Gasteiger partial charge in [0.25, 0.3) is 0 Å². The SMILES string of the molecule is COC(=O)/C=C/C=C/COC(=O)/C=C\C(=O)O. The Morgan fingerprint density at radius 2 is 1.76 bits per heavy atom. The maximum Gasteiger partial charge on any atom is 0.331 e. The van der Waals surface area contributed by atoms with Crippen LogP contribution in [0.5, 0.6) is 0 Å². The van der Waals surface area contributed by atoms with Crippen molar-refractivity contribution >= 4 is 17.9 Å². The lowest BCUT2D eigenvalue weighted by atomic mass is 10.4. The summed E-state index contributed by atoms with van der Waals surface area (Å²) in [6, 6.07) is 0. The first-order valence-corrected chi connectivity index (χ1v) is 4.55. The first-order valence-electron chi connectivity index (χ1n) is 4.55. The van der Waals surface area contributed by atoms with Gasteiger partial charge in [0.1, 0.15) is 6.61 Å². The van der Waals surface area contributed by atoms with Gasteiger partial charge in [-0.1, -0.05) is 12.2 Å². The average molecular weight is 240 g/mol. The van der Waals surface area contributed by atoms with Gasteiger partial charge in [0.05, 0.1) is 7.11 Å². The van der Waals surface area contributed by atoms with E-state index in [9.17, 15) is 14.4 Å². The van der Waals surface area contributed by atoms with Crippen molar-refractivity contribution in [3.8, 4) is 0 Å². The molecule has 0 amide bonds. The molecule has 0 aliphatic heterocycles. The van der Waals surface area contributed by atoms with Crippen LogP contribution in [0.25, 0.3) is 0 Å². The Balaban J connectivity index is 3.80. The van der Waals surface area contributed by atoms with E-state index in [0.717, 1.165) is 6.08 Å². The van der Waals surface area contributed by atoms with Crippen molar-refractivity contribution in [3.05, 3.63) is 36.5 Å². The molecule has 6 heteroatoms. The zero-order chi connectivity index (χ0) is 13.1. The smallest absolute Gasteiger partial charge is 0.331 e. The lowest BCUT2D eigenvalue weighted by molar-refractivity contribution is -0.137. The van der Waals surface area contributed by atoms with Gasteiger partial charge in [0.15, 0.2) is 0 Å². The van der Waals surface area contributed by atoms with E-state index in [1.54, 1.807) is 0 Å². The van der Waals surface area contributed by atoms with Crippen LogP contribution < -0.4 is 0 Å². The topological polar surface area (TPSA) is 89.9 Å². The summed E-state index contributed by atoms with van der Waals surface area (Å²) in [4.78, 5) is 31.5. The van der Waals surface area contributed by atoms with E-state index in [1.165, 1.54) is 31.4 Å². The van der Waals surface area contributed by atoms with Gasteiger partial charge in [-0.3, -0.25) is 0 Å². The summed E-state index contributed by atoms with van der Waals surface area (Å²) in [5.74, 6) is -2.47. The number of aliphatic carboxylic acids is 1. The first-order chi connectivity index (χ1) is 8.06. The predicted molar refractivity (Wildman–Crippen MR) is 58.0 cm³/mol. The molecule has 0 rings (SSSR count). The minimum absolute atomic E-state index is 0.0195. The van der Waals surface area contributed by atoms with Gasteiger partial charge in [-0.2, -0.15) is 0 Å². The molecule has 17 heavy (non-hydrogen) atoms. The highest BCUT2D eigenvalue weighted by Gasteiger charge is 1.95. The number of ether oxygens (including phenoxy) is 2. The van der Waals surface area contributed by atoms with Gasteiger partial charge >= 0.3 is 17.9 Å². The molecular formula is C11H12O6. The number of hydrogen-bond acceptors (Lipinski definition) is 5. The Hall–Kier alpha value is -2.37. The predicted octanol–water partition coefficient (Wildman–Crippen LogP) is 0.456.